The fraction of sp³-hybridized carbons (Fsp3) is 0.133. The molecule has 0 aromatic heterocycles. The standard InChI is InChI=1S/C15H10BrF4NO3/c16-12-7-9(17)1-6-13(12)23-8-14(22)21-10-2-4-11(5-3-10)24-15(18,19)20/h1-7H,8H2,(H,21,22). The van der Waals surface area contributed by atoms with E-state index >= 15 is 0 Å². The number of rotatable bonds is 5. The molecule has 0 aliphatic rings. The molecular weight excluding hydrogens is 398 g/mol. The topological polar surface area (TPSA) is 47.6 Å². The van der Waals surface area contributed by atoms with Crippen LogP contribution in [0.4, 0.5) is 23.2 Å². The number of carbonyl (C=O) groups excluding carboxylic acids is 1. The van der Waals surface area contributed by atoms with Crippen LogP contribution in [0.15, 0.2) is 46.9 Å². The summed E-state index contributed by atoms with van der Waals surface area (Å²) in [5.41, 5.74) is 0.274. The SMILES string of the molecule is O=C(COc1ccc(F)cc1Br)Nc1ccc(OC(F)(F)F)cc1. The minimum Gasteiger partial charge on any atom is -0.483 e. The summed E-state index contributed by atoms with van der Waals surface area (Å²) in [5.74, 6) is -1.11. The van der Waals surface area contributed by atoms with Crippen molar-refractivity contribution in [3.8, 4) is 11.5 Å². The monoisotopic (exact) mass is 407 g/mol. The van der Waals surface area contributed by atoms with Crippen LogP contribution in [0.5, 0.6) is 11.5 Å². The highest BCUT2D eigenvalue weighted by Gasteiger charge is 2.30. The third-order valence-electron chi connectivity index (χ3n) is 2.62. The summed E-state index contributed by atoms with van der Waals surface area (Å²) in [6, 6.07) is 8.38. The molecule has 0 saturated heterocycles. The third kappa shape index (κ3) is 5.73. The highest BCUT2D eigenvalue weighted by molar-refractivity contribution is 9.10. The minimum atomic E-state index is -4.78. The second kappa shape index (κ2) is 7.52. The first-order chi connectivity index (χ1) is 11.2. The third-order valence-corrected chi connectivity index (χ3v) is 3.24. The highest BCUT2D eigenvalue weighted by atomic mass is 79.9. The zero-order chi connectivity index (χ0) is 17.7. The fourth-order valence-corrected chi connectivity index (χ4v) is 2.14. The second-order valence-electron chi connectivity index (χ2n) is 4.48. The highest BCUT2D eigenvalue weighted by Crippen LogP contribution is 2.26. The predicted octanol–water partition coefficient (Wildman–Crippen LogP) is 4.50. The van der Waals surface area contributed by atoms with Gasteiger partial charge in [0.2, 0.25) is 0 Å². The Morgan fingerprint density at radius 1 is 1.12 bits per heavy atom. The maximum atomic E-state index is 12.9. The van der Waals surface area contributed by atoms with E-state index in [-0.39, 0.29) is 18.0 Å². The summed E-state index contributed by atoms with van der Waals surface area (Å²) >= 11 is 3.09. The Bertz CT molecular complexity index is 720. The number of halogens is 5. The molecule has 1 amide bonds. The van der Waals surface area contributed by atoms with Gasteiger partial charge in [0.25, 0.3) is 5.91 Å². The molecule has 0 atom stereocenters. The van der Waals surface area contributed by atoms with Crippen molar-refractivity contribution >= 4 is 27.5 Å². The summed E-state index contributed by atoms with van der Waals surface area (Å²) in [5, 5.41) is 2.44. The van der Waals surface area contributed by atoms with Crippen LogP contribution in [-0.2, 0) is 4.79 Å². The van der Waals surface area contributed by atoms with E-state index in [1.54, 1.807) is 0 Å². The largest absolute Gasteiger partial charge is 0.573 e. The summed E-state index contributed by atoms with van der Waals surface area (Å²) in [6.07, 6.45) is -4.78. The quantitative estimate of drug-likeness (QED) is 0.742. The zero-order valence-corrected chi connectivity index (χ0v) is 13.4. The van der Waals surface area contributed by atoms with Crippen molar-refractivity contribution in [3.63, 3.8) is 0 Å². The van der Waals surface area contributed by atoms with Crippen molar-refractivity contribution in [2.45, 2.75) is 6.36 Å². The van der Waals surface area contributed by atoms with Gasteiger partial charge in [-0.15, -0.1) is 13.2 Å². The van der Waals surface area contributed by atoms with Crippen molar-refractivity contribution in [2.75, 3.05) is 11.9 Å². The second-order valence-corrected chi connectivity index (χ2v) is 5.34. The molecule has 128 valence electrons. The van der Waals surface area contributed by atoms with Gasteiger partial charge in [-0.05, 0) is 58.4 Å². The Hall–Kier alpha value is -2.29. The van der Waals surface area contributed by atoms with Crippen molar-refractivity contribution in [1.29, 1.82) is 0 Å². The average Bonchev–Trinajstić information content (AvgIpc) is 2.47. The number of hydrogen-bond acceptors (Lipinski definition) is 3. The van der Waals surface area contributed by atoms with E-state index in [0.29, 0.717) is 4.47 Å². The number of hydrogen-bond donors (Lipinski definition) is 1. The summed E-state index contributed by atoms with van der Waals surface area (Å²) in [7, 11) is 0. The van der Waals surface area contributed by atoms with E-state index in [1.807, 2.05) is 0 Å². The molecular formula is C15H10BrF4NO3. The normalized spacial score (nSPS) is 11.0. The molecule has 2 rings (SSSR count). The molecule has 2 aromatic carbocycles. The Morgan fingerprint density at radius 3 is 2.38 bits per heavy atom. The average molecular weight is 408 g/mol. The van der Waals surface area contributed by atoms with E-state index in [1.165, 1.54) is 30.3 Å². The van der Waals surface area contributed by atoms with Crippen molar-refractivity contribution in [1.82, 2.24) is 0 Å². The van der Waals surface area contributed by atoms with E-state index in [0.717, 1.165) is 12.1 Å². The van der Waals surface area contributed by atoms with Crippen LogP contribution in [0.25, 0.3) is 0 Å². The molecule has 0 aliphatic heterocycles. The lowest BCUT2D eigenvalue weighted by atomic mass is 10.3. The molecule has 0 aliphatic carbocycles. The fourth-order valence-electron chi connectivity index (χ4n) is 1.67. The smallest absolute Gasteiger partial charge is 0.483 e. The Morgan fingerprint density at radius 2 is 1.79 bits per heavy atom. The molecule has 1 N–H and O–H groups in total. The van der Waals surface area contributed by atoms with Gasteiger partial charge in [0.05, 0.1) is 4.47 Å². The lowest BCUT2D eigenvalue weighted by Gasteiger charge is -2.11. The molecule has 0 unspecified atom stereocenters. The first-order valence-electron chi connectivity index (χ1n) is 6.46. The Kier molecular flexibility index (Phi) is 5.66. The number of ether oxygens (including phenoxy) is 2. The maximum Gasteiger partial charge on any atom is 0.573 e. The van der Waals surface area contributed by atoms with Crippen molar-refractivity contribution in [3.05, 3.63) is 52.8 Å². The lowest BCUT2D eigenvalue weighted by molar-refractivity contribution is -0.274. The molecule has 2 aromatic rings. The van der Waals surface area contributed by atoms with Crippen LogP contribution >= 0.6 is 15.9 Å². The zero-order valence-electron chi connectivity index (χ0n) is 11.9. The minimum absolute atomic E-state index is 0.274. The van der Waals surface area contributed by atoms with Gasteiger partial charge in [-0.3, -0.25) is 4.79 Å². The van der Waals surface area contributed by atoms with Crippen LogP contribution in [0.3, 0.4) is 0 Å². The van der Waals surface area contributed by atoms with E-state index in [2.05, 4.69) is 26.0 Å². The van der Waals surface area contributed by atoms with Gasteiger partial charge in [-0.2, -0.15) is 0 Å². The molecule has 0 spiro atoms. The Balaban J connectivity index is 1.88. The van der Waals surface area contributed by atoms with Gasteiger partial charge in [-0.25, -0.2) is 4.39 Å². The van der Waals surface area contributed by atoms with Gasteiger partial charge in [0.1, 0.15) is 17.3 Å². The molecule has 0 saturated carbocycles. The van der Waals surface area contributed by atoms with Gasteiger partial charge in [0.15, 0.2) is 6.61 Å². The molecule has 24 heavy (non-hydrogen) atoms. The number of amides is 1. The number of alkyl halides is 3. The number of nitrogens with one attached hydrogen (secondary N) is 1. The summed E-state index contributed by atoms with van der Waals surface area (Å²) in [4.78, 5) is 11.7. The van der Waals surface area contributed by atoms with Crippen LogP contribution in [0.2, 0.25) is 0 Å². The van der Waals surface area contributed by atoms with Crippen LogP contribution in [0.1, 0.15) is 0 Å². The Labute approximate surface area is 142 Å². The van der Waals surface area contributed by atoms with E-state index in [9.17, 15) is 22.4 Å². The number of carbonyl (C=O) groups is 1. The van der Waals surface area contributed by atoms with Crippen LogP contribution in [-0.4, -0.2) is 18.9 Å². The van der Waals surface area contributed by atoms with Gasteiger partial charge >= 0.3 is 6.36 Å². The van der Waals surface area contributed by atoms with E-state index in [4.69, 9.17) is 4.74 Å². The summed E-state index contributed by atoms with van der Waals surface area (Å²) in [6.45, 7) is -0.356. The van der Waals surface area contributed by atoms with Crippen LogP contribution in [0, 0.1) is 5.82 Å². The lowest BCUT2D eigenvalue weighted by Crippen LogP contribution is -2.20. The first-order valence-corrected chi connectivity index (χ1v) is 7.26. The maximum absolute atomic E-state index is 12.9. The summed E-state index contributed by atoms with van der Waals surface area (Å²) < 4.78 is 58.3. The van der Waals surface area contributed by atoms with Gasteiger partial charge in [0, 0.05) is 5.69 Å². The van der Waals surface area contributed by atoms with Crippen molar-refractivity contribution in [2.24, 2.45) is 0 Å². The molecule has 0 radical (unpaired) electrons. The molecule has 0 fully saturated rings. The molecule has 0 heterocycles. The van der Waals surface area contributed by atoms with Crippen LogP contribution < -0.4 is 14.8 Å². The number of benzene rings is 2. The van der Waals surface area contributed by atoms with Gasteiger partial charge in [-0.1, -0.05) is 0 Å². The first kappa shape index (κ1) is 18.1. The molecule has 9 heteroatoms. The predicted molar refractivity (Wildman–Crippen MR) is 81.3 cm³/mol. The number of anilines is 1. The molecule has 4 nitrogen and oxygen atoms in total. The van der Waals surface area contributed by atoms with E-state index < -0.39 is 23.8 Å². The molecule has 0 bridgehead atoms. The van der Waals surface area contributed by atoms with Gasteiger partial charge < -0.3 is 14.8 Å². The van der Waals surface area contributed by atoms with Crippen molar-refractivity contribution < 1.29 is 31.8 Å².